The second-order valence-corrected chi connectivity index (χ2v) is 2.40. The molecule has 0 aliphatic carbocycles. The van der Waals surface area contributed by atoms with Crippen LogP contribution >= 0.6 is 0 Å². The molecule has 4 heteroatoms. The van der Waals surface area contributed by atoms with E-state index in [9.17, 15) is 5.11 Å². The lowest BCUT2D eigenvalue weighted by molar-refractivity contribution is 0.176. The number of hydrogen-bond donors (Lipinski definition) is 1. The van der Waals surface area contributed by atoms with Gasteiger partial charge in [-0.3, -0.25) is 0 Å². The van der Waals surface area contributed by atoms with Crippen LogP contribution in [0.3, 0.4) is 0 Å². The molecule has 0 aliphatic rings. The lowest BCUT2D eigenvalue weighted by atomic mass is 10.3. The number of hydrogen-bond acceptors (Lipinski definition) is 3. The van der Waals surface area contributed by atoms with Crippen molar-refractivity contribution in [2.24, 2.45) is 0 Å². The number of benzene rings is 1. The highest BCUT2D eigenvalue weighted by Gasteiger charge is 2.05. The second kappa shape index (κ2) is 2.41. The first-order valence-corrected chi connectivity index (χ1v) is 3.52. The van der Waals surface area contributed by atoms with Crippen molar-refractivity contribution in [3.05, 3.63) is 24.5 Å². The normalized spacial score (nSPS) is 10.4. The number of nitrogens with zero attached hydrogens (tertiary/aromatic N) is 2. The van der Waals surface area contributed by atoms with E-state index in [0.717, 1.165) is 5.52 Å². The fraction of sp³-hybridized carbons (Fsp3) is 0.125. The molecule has 1 heterocycles. The number of rotatable bonds is 1. The predicted octanol–water partition coefficient (Wildman–Crippen LogP) is 0.800. The average Bonchev–Trinajstić information content (AvgIpc) is 2.49. The van der Waals surface area contributed by atoms with Gasteiger partial charge in [0.1, 0.15) is 24.7 Å². The minimum absolute atomic E-state index is 0.173. The maximum absolute atomic E-state index is 9.43. The molecule has 0 unspecified atom stereocenters. The summed E-state index contributed by atoms with van der Waals surface area (Å²) in [7, 11) is 1.52. The molecule has 0 radical (unpaired) electrons. The van der Waals surface area contributed by atoms with Gasteiger partial charge in [0, 0.05) is 0 Å². The first kappa shape index (κ1) is 6.97. The molecule has 2 rings (SSSR count). The van der Waals surface area contributed by atoms with Crippen molar-refractivity contribution in [1.29, 1.82) is 0 Å². The van der Waals surface area contributed by atoms with Crippen molar-refractivity contribution in [1.82, 2.24) is 9.71 Å². The molecule has 1 N–H and O–H groups in total. The van der Waals surface area contributed by atoms with Crippen LogP contribution in [0.25, 0.3) is 11.0 Å². The van der Waals surface area contributed by atoms with Gasteiger partial charge in [-0.25, -0.2) is 4.98 Å². The van der Waals surface area contributed by atoms with Gasteiger partial charge in [0.05, 0.1) is 5.52 Å². The number of aromatic hydroxyl groups is 1. The quantitative estimate of drug-likeness (QED) is 0.678. The monoisotopic (exact) mass is 164 g/mol. The van der Waals surface area contributed by atoms with Crippen molar-refractivity contribution in [2.75, 3.05) is 7.11 Å². The van der Waals surface area contributed by atoms with Crippen LogP contribution in [0.1, 0.15) is 0 Å². The molecule has 4 nitrogen and oxygen atoms in total. The summed E-state index contributed by atoms with van der Waals surface area (Å²) in [4.78, 5) is 8.97. The number of aromatic nitrogens is 2. The zero-order chi connectivity index (χ0) is 8.55. The summed E-state index contributed by atoms with van der Waals surface area (Å²) in [5.74, 6) is 0.173. The van der Waals surface area contributed by atoms with Gasteiger partial charge in [-0.05, 0) is 12.1 Å². The summed E-state index contributed by atoms with van der Waals surface area (Å²) in [5.41, 5.74) is 1.32. The summed E-state index contributed by atoms with van der Waals surface area (Å²) in [5, 5.41) is 9.43. The SMILES string of the molecule is COn1cnc2cccc(O)c21. The third-order valence-corrected chi connectivity index (χ3v) is 1.71. The Morgan fingerprint density at radius 2 is 2.33 bits per heavy atom. The van der Waals surface area contributed by atoms with Crippen molar-refractivity contribution in [3.63, 3.8) is 0 Å². The molecular weight excluding hydrogens is 156 g/mol. The molecule has 0 aliphatic heterocycles. The Kier molecular flexibility index (Phi) is 1.40. The molecule has 0 saturated heterocycles. The minimum Gasteiger partial charge on any atom is -0.506 e. The molecule has 0 saturated carbocycles. The molecule has 0 amide bonds. The Bertz CT molecular complexity index is 408. The number of phenols is 1. The van der Waals surface area contributed by atoms with E-state index in [1.54, 1.807) is 12.1 Å². The zero-order valence-corrected chi connectivity index (χ0v) is 6.56. The van der Waals surface area contributed by atoms with Gasteiger partial charge >= 0.3 is 0 Å². The Labute approximate surface area is 69.0 Å². The Balaban J connectivity index is 2.83. The maximum atomic E-state index is 9.43. The summed E-state index contributed by atoms with van der Waals surface area (Å²) < 4.78 is 1.42. The molecule has 0 spiro atoms. The van der Waals surface area contributed by atoms with Crippen LogP contribution in [0, 0.1) is 0 Å². The van der Waals surface area contributed by atoms with E-state index in [4.69, 9.17) is 4.84 Å². The van der Waals surface area contributed by atoms with E-state index in [0.29, 0.717) is 5.52 Å². The van der Waals surface area contributed by atoms with Crippen LogP contribution in [0.15, 0.2) is 24.5 Å². The van der Waals surface area contributed by atoms with Gasteiger partial charge in [-0.2, -0.15) is 4.73 Å². The van der Waals surface area contributed by atoms with Gasteiger partial charge in [0.25, 0.3) is 0 Å². The van der Waals surface area contributed by atoms with Gasteiger partial charge in [-0.15, -0.1) is 0 Å². The number of phenolic OH excluding ortho intramolecular Hbond substituents is 1. The minimum atomic E-state index is 0.173. The lowest BCUT2D eigenvalue weighted by Gasteiger charge is -2.00. The van der Waals surface area contributed by atoms with Gasteiger partial charge in [0.15, 0.2) is 0 Å². The van der Waals surface area contributed by atoms with Crippen molar-refractivity contribution < 1.29 is 9.94 Å². The van der Waals surface area contributed by atoms with Gasteiger partial charge in [-0.1, -0.05) is 6.07 Å². The van der Waals surface area contributed by atoms with Crippen LogP contribution in [0.2, 0.25) is 0 Å². The molecule has 0 bridgehead atoms. The Morgan fingerprint density at radius 1 is 1.50 bits per heavy atom. The maximum Gasteiger partial charge on any atom is 0.149 e. The standard InChI is InChI=1S/C8H8N2O2/c1-12-10-5-9-6-3-2-4-7(11)8(6)10/h2-5,11H,1H3. The lowest BCUT2D eigenvalue weighted by Crippen LogP contribution is -2.02. The number of para-hydroxylation sites is 1. The topological polar surface area (TPSA) is 47.3 Å². The highest BCUT2D eigenvalue weighted by Crippen LogP contribution is 2.21. The number of imidazole rings is 1. The second-order valence-electron chi connectivity index (χ2n) is 2.40. The fourth-order valence-electron chi connectivity index (χ4n) is 1.16. The van der Waals surface area contributed by atoms with E-state index in [-0.39, 0.29) is 5.75 Å². The zero-order valence-electron chi connectivity index (χ0n) is 6.56. The molecular formula is C8H8N2O2. The van der Waals surface area contributed by atoms with Crippen molar-refractivity contribution in [2.45, 2.75) is 0 Å². The third-order valence-electron chi connectivity index (χ3n) is 1.71. The fourth-order valence-corrected chi connectivity index (χ4v) is 1.16. The van der Waals surface area contributed by atoms with E-state index in [2.05, 4.69) is 4.98 Å². The summed E-state index contributed by atoms with van der Waals surface area (Å²) >= 11 is 0. The molecule has 2 aromatic rings. The molecule has 12 heavy (non-hydrogen) atoms. The first-order chi connectivity index (χ1) is 5.83. The Morgan fingerprint density at radius 3 is 3.08 bits per heavy atom. The third kappa shape index (κ3) is 0.812. The smallest absolute Gasteiger partial charge is 0.149 e. The predicted molar refractivity (Wildman–Crippen MR) is 43.9 cm³/mol. The molecule has 1 aromatic heterocycles. The first-order valence-electron chi connectivity index (χ1n) is 3.52. The van der Waals surface area contributed by atoms with Crippen LogP contribution < -0.4 is 4.84 Å². The van der Waals surface area contributed by atoms with Gasteiger partial charge < -0.3 is 9.94 Å². The highest BCUT2D eigenvalue weighted by atomic mass is 16.6. The van der Waals surface area contributed by atoms with Gasteiger partial charge in [0.2, 0.25) is 0 Å². The van der Waals surface area contributed by atoms with Crippen LogP contribution in [0.4, 0.5) is 0 Å². The molecule has 0 fully saturated rings. The van der Waals surface area contributed by atoms with E-state index in [1.807, 2.05) is 6.07 Å². The summed E-state index contributed by atoms with van der Waals surface area (Å²) in [6.45, 7) is 0. The van der Waals surface area contributed by atoms with Crippen molar-refractivity contribution >= 4 is 11.0 Å². The Hall–Kier alpha value is -1.71. The largest absolute Gasteiger partial charge is 0.506 e. The average molecular weight is 164 g/mol. The van der Waals surface area contributed by atoms with E-state index < -0.39 is 0 Å². The van der Waals surface area contributed by atoms with Crippen LogP contribution in [-0.4, -0.2) is 21.9 Å². The highest BCUT2D eigenvalue weighted by molar-refractivity contribution is 5.81. The molecule has 1 aromatic carbocycles. The van der Waals surface area contributed by atoms with Crippen LogP contribution in [0.5, 0.6) is 5.75 Å². The summed E-state index contributed by atoms with van der Waals surface area (Å²) in [6.07, 6.45) is 1.52. The number of fused-ring (bicyclic) bond motifs is 1. The van der Waals surface area contributed by atoms with E-state index in [1.165, 1.54) is 18.2 Å². The van der Waals surface area contributed by atoms with Crippen molar-refractivity contribution in [3.8, 4) is 5.75 Å². The molecule has 62 valence electrons. The molecule has 0 atom stereocenters. The van der Waals surface area contributed by atoms with E-state index >= 15 is 0 Å². The van der Waals surface area contributed by atoms with Crippen LogP contribution in [-0.2, 0) is 0 Å². The summed E-state index contributed by atoms with van der Waals surface area (Å²) in [6, 6.07) is 5.15.